The quantitative estimate of drug-likeness (QED) is 0.289. The van der Waals surface area contributed by atoms with E-state index in [9.17, 15) is 4.79 Å². The van der Waals surface area contributed by atoms with Gasteiger partial charge in [-0.1, -0.05) is 54.6 Å². The number of methoxy groups -OCH3 is 1. The van der Waals surface area contributed by atoms with Crippen LogP contribution in [0.3, 0.4) is 0 Å². The number of thiophene rings is 1. The lowest BCUT2D eigenvalue weighted by Gasteiger charge is -2.09. The van der Waals surface area contributed by atoms with E-state index in [0.29, 0.717) is 17.2 Å². The molecule has 0 aliphatic carbocycles. The SMILES string of the molecule is COC(=O)c1ccc(Oc2ncnc3scc(-c4ccc(-c5ccccc5)cc4)c23)cc1. The predicted octanol–water partition coefficient (Wildman–Crippen LogP) is 6.60. The molecule has 5 aromatic rings. The molecular formula is C26H18N2O3S. The van der Waals surface area contributed by atoms with Gasteiger partial charge in [0.2, 0.25) is 5.88 Å². The van der Waals surface area contributed by atoms with Crippen molar-refractivity contribution in [1.29, 1.82) is 0 Å². The zero-order valence-corrected chi connectivity index (χ0v) is 18.0. The van der Waals surface area contributed by atoms with E-state index >= 15 is 0 Å². The van der Waals surface area contributed by atoms with Gasteiger partial charge in [-0.25, -0.2) is 14.8 Å². The van der Waals surface area contributed by atoms with Crippen LogP contribution in [0.15, 0.2) is 90.6 Å². The lowest BCUT2D eigenvalue weighted by molar-refractivity contribution is 0.0600. The highest BCUT2D eigenvalue weighted by atomic mass is 32.1. The summed E-state index contributed by atoms with van der Waals surface area (Å²) in [6.07, 6.45) is 1.50. The Hall–Kier alpha value is -4.03. The summed E-state index contributed by atoms with van der Waals surface area (Å²) in [6, 6.07) is 25.5. The van der Waals surface area contributed by atoms with Crippen molar-refractivity contribution >= 4 is 27.5 Å². The van der Waals surface area contributed by atoms with Crippen molar-refractivity contribution in [1.82, 2.24) is 9.97 Å². The number of rotatable bonds is 5. The lowest BCUT2D eigenvalue weighted by atomic mass is 10.0. The zero-order chi connectivity index (χ0) is 21.9. The number of fused-ring (bicyclic) bond motifs is 1. The standard InChI is InChI=1S/C26H18N2O3S/c1-30-26(29)20-11-13-21(14-12-20)31-24-23-22(15-32-25(23)28-16-27-24)19-9-7-18(8-10-19)17-5-3-2-4-6-17/h2-16H,1H3. The molecule has 0 saturated heterocycles. The van der Waals surface area contributed by atoms with Crippen LogP contribution in [-0.4, -0.2) is 23.0 Å². The Labute approximate surface area is 188 Å². The summed E-state index contributed by atoms with van der Waals surface area (Å²) in [6.45, 7) is 0. The van der Waals surface area contributed by atoms with Crippen LogP contribution in [0.4, 0.5) is 0 Å². The van der Waals surface area contributed by atoms with Gasteiger partial charge >= 0.3 is 5.97 Å². The fourth-order valence-electron chi connectivity index (χ4n) is 3.50. The van der Waals surface area contributed by atoms with Crippen LogP contribution < -0.4 is 4.74 Å². The molecule has 32 heavy (non-hydrogen) atoms. The Morgan fingerprint density at radius 2 is 1.50 bits per heavy atom. The third-order valence-electron chi connectivity index (χ3n) is 5.13. The van der Waals surface area contributed by atoms with E-state index in [2.05, 4.69) is 51.7 Å². The maximum absolute atomic E-state index is 11.7. The van der Waals surface area contributed by atoms with Crippen LogP contribution in [0.2, 0.25) is 0 Å². The van der Waals surface area contributed by atoms with Crippen molar-refractivity contribution in [3.63, 3.8) is 0 Å². The first-order chi connectivity index (χ1) is 15.7. The number of carbonyl (C=O) groups excluding carboxylic acids is 1. The Morgan fingerprint density at radius 3 is 2.22 bits per heavy atom. The first-order valence-electron chi connectivity index (χ1n) is 9.97. The highest BCUT2D eigenvalue weighted by Crippen LogP contribution is 2.39. The van der Waals surface area contributed by atoms with Gasteiger partial charge in [0.25, 0.3) is 0 Å². The third kappa shape index (κ3) is 3.84. The minimum atomic E-state index is -0.389. The minimum absolute atomic E-state index is 0.389. The van der Waals surface area contributed by atoms with E-state index < -0.39 is 0 Å². The topological polar surface area (TPSA) is 61.3 Å². The van der Waals surface area contributed by atoms with Crippen LogP contribution in [-0.2, 0) is 4.74 Å². The maximum Gasteiger partial charge on any atom is 0.337 e. The zero-order valence-electron chi connectivity index (χ0n) is 17.2. The van der Waals surface area contributed by atoms with Crippen molar-refractivity contribution in [2.75, 3.05) is 7.11 Å². The number of ether oxygens (including phenoxy) is 2. The van der Waals surface area contributed by atoms with Crippen molar-refractivity contribution in [3.05, 3.63) is 96.1 Å². The normalized spacial score (nSPS) is 10.8. The average Bonchev–Trinajstić information content (AvgIpc) is 3.30. The lowest BCUT2D eigenvalue weighted by Crippen LogP contribution is -2.00. The molecule has 5 rings (SSSR count). The fourth-order valence-corrected chi connectivity index (χ4v) is 4.41. The molecule has 2 heterocycles. The van der Waals surface area contributed by atoms with Gasteiger partial charge in [0.15, 0.2) is 0 Å². The summed E-state index contributed by atoms with van der Waals surface area (Å²) in [5.41, 5.74) is 4.88. The van der Waals surface area contributed by atoms with E-state index in [1.807, 2.05) is 18.2 Å². The molecule has 0 aliphatic heterocycles. The molecule has 0 N–H and O–H groups in total. The molecular weight excluding hydrogens is 420 g/mol. The molecule has 6 heteroatoms. The first-order valence-corrected chi connectivity index (χ1v) is 10.8. The first kappa shape index (κ1) is 19.9. The Bertz CT molecular complexity index is 1380. The van der Waals surface area contributed by atoms with Gasteiger partial charge in [-0.05, 0) is 41.0 Å². The molecule has 0 aliphatic rings. The summed E-state index contributed by atoms with van der Waals surface area (Å²) in [7, 11) is 1.36. The van der Waals surface area contributed by atoms with Crippen molar-refractivity contribution in [3.8, 4) is 33.9 Å². The van der Waals surface area contributed by atoms with Crippen molar-refractivity contribution in [2.24, 2.45) is 0 Å². The van der Waals surface area contributed by atoms with Gasteiger partial charge in [0, 0.05) is 10.9 Å². The number of hydrogen-bond donors (Lipinski definition) is 0. The number of carbonyl (C=O) groups is 1. The molecule has 156 valence electrons. The summed E-state index contributed by atoms with van der Waals surface area (Å²) in [5, 5.41) is 2.94. The van der Waals surface area contributed by atoms with Gasteiger partial charge in [-0.2, -0.15) is 0 Å². The van der Waals surface area contributed by atoms with Crippen LogP contribution in [0, 0.1) is 0 Å². The van der Waals surface area contributed by atoms with E-state index in [1.165, 1.54) is 19.0 Å². The van der Waals surface area contributed by atoms with Crippen molar-refractivity contribution < 1.29 is 14.3 Å². The molecule has 5 nitrogen and oxygen atoms in total. The van der Waals surface area contributed by atoms with Gasteiger partial charge in [0.1, 0.15) is 16.9 Å². The number of nitrogens with zero attached hydrogens (tertiary/aromatic N) is 2. The third-order valence-corrected chi connectivity index (χ3v) is 6.01. The second-order valence-electron chi connectivity index (χ2n) is 7.07. The second kappa shape index (κ2) is 8.61. The minimum Gasteiger partial charge on any atom is -0.465 e. The van der Waals surface area contributed by atoms with Crippen LogP contribution in [0.25, 0.3) is 32.5 Å². The number of hydrogen-bond acceptors (Lipinski definition) is 6. The molecule has 0 atom stereocenters. The van der Waals surface area contributed by atoms with Crippen LogP contribution in [0.1, 0.15) is 10.4 Å². The average molecular weight is 439 g/mol. The molecule has 0 radical (unpaired) electrons. The van der Waals surface area contributed by atoms with E-state index in [0.717, 1.165) is 26.9 Å². The number of aromatic nitrogens is 2. The van der Waals surface area contributed by atoms with E-state index in [-0.39, 0.29) is 5.97 Å². The molecule has 0 unspecified atom stereocenters. The van der Waals surface area contributed by atoms with Gasteiger partial charge in [0.05, 0.1) is 18.1 Å². The van der Waals surface area contributed by atoms with Crippen molar-refractivity contribution in [2.45, 2.75) is 0 Å². The molecule has 0 bridgehead atoms. The monoisotopic (exact) mass is 438 g/mol. The maximum atomic E-state index is 11.7. The molecule has 2 aromatic heterocycles. The van der Waals surface area contributed by atoms with Gasteiger partial charge in [-0.15, -0.1) is 11.3 Å². The molecule has 0 spiro atoms. The second-order valence-corrected chi connectivity index (χ2v) is 7.93. The number of esters is 1. The highest BCUT2D eigenvalue weighted by Gasteiger charge is 2.15. The molecule has 0 amide bonds. The summed E-state index contributed by atoms with van der Waals surface area (Å²) in [5.74, 6) is 0.665. The smallest absolute Gasteiger partial charge is 0.337 e. The molecule has 0 saturated carbocycles. The molecule has 0 fully saturated rings. The predicted molar refractivity (Wildman–Crippen MR) is 126 cm³/mol. The van der Waals surface area contributed by atoms with E-state index in [4.69, 9.17) is 9.47 Å². The Morgan fingerprint density at radius 1 is 0.812 bits per heavy atom. The van der Waals surface area contributed by atoms with Crippen LogP contribution in [0.5, 0.6) is 11.6 Å². The largest absolute Gasteiger partial charge is 0.465 e. The molecule has 3 aromatic carbocycles. The summed E-state index contributed by atoms with van der Waals surface area (Å²) >= 11 is 1.55. The fraction of sp³-hybridized carbons (Fsp3) is 0.0385. The highest BCUT2D eigenvalue weighted by molar-refractivity contribution is 7.17. The van der Waals surface area contributed by atoms with Gasteiger partial charge < -0.3 is 9.47 Å². The summed E-state index contributed by atoms with van der Waals surface area (Å²) < 4.78 is 10.8. The summed E-state index contributed by atoms with van der Waals surface area (Å²) in [4.78, 5) is 21.3. The van der Waals surface area contributed by atoms with Gasteiger partial charge in [-0.3, -0.25) is 0 Å². The Balaban J connectivity index is 1.49. The van der Waals surface area contributed by atoms with E-state index in [1.54, 1.807) is 35.6 Å². The number of benzene rings is 3. The Kier molecular flexibility index (Phi) is 5.35. The van der Waals surface area contributed by atoms with Crippen LogP contribution >= 0.6 is 11.3 Å².